The van der Waals surface area contributed by atoms with Crippen LogP contribution in [0.25, 0.3) is 28.2 Å². The molecule has 0 atom stereocenters. The summed E-state index contributed by atoms with van der Waals surface area (Å²) < 4.78 is 8.36. The molecule has 0 fully saturated rings. The molecule has 1 aliphatic rings. The molecule has 0 amide bonds. The van der Waals surface area contributed by atoms with Crippen LogP contribution in [-0.4, -0.2) is 22.3 Å². The monoisotopic (exact) mass is 547 g/mol. The van der Waals surface area contributed by atoms with Gasteiger partial charge >= 0.3 is 0 Å². The van der Waals surface area contributed by atoms with Gasteiger partial charge in [-0.05, 0) is 61.5 Å². The summed E-state index contributed by atoms with van der Waals surface area (Å²) in [6.45, 7) is 2.67. The van der Waals surface area contributed by atoms with E-state index in [-0.39, 0.29) is 0 Å². The second-order valence-electron chi connectivity index (χ2n) is 10.1. The fourth-order valence-corrected chi connectivity index (χ4v) is 5.18. The summed E-state index contributed by atoms with van der Waals surface area (Å²) in [4.78, 5) is 2.19. The Hall–Kier alpha value is -5.62. The Morgan fingerprint density at radius 2 is 1.17 bits per heavy atom. The number of hydrazone groups is 1. The molecule has 0 unspecified atom stereocenters. The third-order valence-corrected chi connectivity index (χ3v) is 7.26. The quantitative estimate of drug-likeness (QED) is 0.201. The van der Waals surface area contributed by atoms with Crippen LogP contribution >= 0.6 is 0 Å². The van der Waals surface area contributed by atoms with Crippen molar-refractivity contribution in [2.45, 2.75) is 6.92 Å². The average Bonchev–Trinajstić information content (AvgIpc) is 3.67. The summed E-state index contributed by atoms with van der Waals surface area (Å²) >= 11 is 0. The van der Waals surface area contributed by atoms with Crippen LogP contribution in [0.2, 0.25) is 0 Å². The van der Waals surface area contributed by atoms with E-state index in [1.165, 1.54) is 0 Å². The Morgan fingerprint density at radius 1 is 0.571 bits per heavy atom. The Bertz CT molecular complexity index is 1790. The van der Waals surface area contributed by atoms with E-state index in [1.807, 2.05) is 108 Å². The van der Waals surface area contributed by atoms with Crippen LogP contribution in [0.1, 0.15) is 6.92 Å². The van der Waals surface area contributed by atoms with E-state index in [0.29, 0.717) is 6.67 Å². The topological polar surface area (TPSA) is 45.9 Å². The fraction of sp³-hybridized carbons (Fsp3) is 0.0556. The van der Waals surface area contributed by atoms with E-state index < -0.39 is 0 Å². The number of nitrogens with zero attached hydrogens (tertiary/aromatic N) is 5. The van der Waals surface area contributed by atoms with Crippen LogP contribution in [0, 0.1) is 0 Å². The first-order valence-corrected chi connectivity index (χ1v) is 14.0. The van der Waals surface area contributed by atoms with E-state index in [9.17, 15) is 0 Å². The number of anilines is 2. The lowest BCUT2D eigenvalue weighted by atomic mass is 10.1. The third-order valence-electron chi connectivity index (χ3n) is 7.26. The largest absolute Gasteiger partial charge is 0.457 e. The molecule has 2 heterocycles. The number of amidine groups is 1. The second-order valence-corrected chi connectivity index (χ2v) is 10.1. The smallest absolute Gasteiger partial charge is 0.129 e. The SMILES string of the molecule is CC1=NN(c2cccc(Oc3cccc(-c4cc(-c5ccccc5)n(-c5ccccc5)n4)c3)c2)CN1c1ccccc1. The van der Waals surface area contributed by atoms with Gasteiger partial charge in [-0.2, -0.15) is 10.2 Å². The van der Waals surface area contributed by atoms with Crippen LogP contribution in [0.4, 0.5) is 11.4 Å². The van der Waals surface area contributed by atoms with Crippen LogP contribution < -0.4 is 14.6 Å². The number of hydrogen-bond acceptors (Lipinski definition) is 5. The molecule has 0 radical (unpaired) electrons. The minimum atomic E-state index is 0.641. The second kappa shape index (κ2) is 11.1. The standard InChI is InChI=1S/C36H29N5O/c1-27-37-40(26-39(27)30-16-7-3-8-17-30)32-20-12-22-34(24-32)42-33-21-11-15-29(23-33)35-25-36(28-13-5-2-6-14-28)41(38-35)31-18-9-4-10-19-31/h2-25H,26H2,1H3. The Balaban J connectivity index is 1.15. The molecule has 0 bridgehead atoms. The molecule has 204 valence electrons. The lowest BCUT2D eigenvalue weighted by Crippen LogP contribution is -2.29. The van der Waals surface area contributed by atoms with Gasteiger partial charge < -0.3 is 9.64 Å². The van der Waals surface area contributed by atoms with Crippen molar-refractivity contribution >= 4 is 17.2 Å². The molecular formula is C36H29N5O. The predicted octanol–water partition coefficient (Wildman–Crippen LogP) is 8.62. The number of benzene rings is 5. The molecule has 0 aliphatic carbocycles. The molecule has 0 spiro atoms. The van der Waals surface area contributed by atoms with Gasteiger partial charge in [0.1, 0.15) is 24.0 Å². The number of ether oxygens (including phenoxy) is 1. The Kier molecular flexibility index (Phi) is 6.70. The van der Waals surface area contributed by atoms with Crippen molar-refractivity contribution in [1.82, 2.24) is 9.78 Å². The summed E-state index contributed by atoms with van der Waals surface area (Å²) in [7, 11) is 0. The van der Waals surface area contributed by atoms with Gasteiger partial charge in [-0.25, -0.2) is 9.69 Å². The molecule has 7 rings (SSSR count). The van der Waals surface area contributed by atoms with E-state index in [4.69, 9.17) is 14.9 Å². The number of hydrogen-bond donors (Lipinski definition) is 0. The molecule has 6 heteroatoms. The zero-order valence-corrected chi connectivity index (χ0v) is 23.2. The highest BCUT2D eigenvalue weighted by Gasteiger charge is 2.22. The maximum absolute atomic E-state index is 6.36. The number of rotatable bonds is 7. The van der Waals surface area contributed by atoms with E-state index in [2.05, 4.69) is 59.5 Å². The van der Waals surface area contributed by atoms with Gasteiger partial charge in [0.25, 0.3) is 0 Å². The first-order valence-electron chi connectivity index (χ1n) is 14.0. The highest BCUT2D eigenvalue weighted by atomic mass is 16.5. The van der Waals surface area contributed by atoms with Gasteiger partial charge in [0.05, 0.1) is 22.8 Å². The van der Waals surface area contributed by atoms with Crippen LogP contribution in [0.3, 0.4) is 0 Å². The molecule has 1 aromatic heterocycles. The van der Waals surface area contributed by atoms with Gasteiger partial charge in [-0.15, -0.1) is 0 Å². The highest BCUT2D eigenvalue weighted by molar-refractivity contribution is 5.98. The molecule has 42 heavy (non-hydrogen) atoms. The molecule has 0 N–H and O–H groups in total. The van der Waals surface area contributed by atoms with Gasteiger partial charge in [-0.1, -0.05) is 84.9 Å². The summed E-state index contributed by atoms with van der Waals surface area (Å²) in [6.07, 6.45) is 0. The molecule has 0 saturated carbocycles. The summed E-state index contributed by atoms with van der Waals surface area (Å²) in [5, 5.41) is 11.8. The zero-order chi connectivity index (χ0) is 28.3. The van der Waals surface area contributed by atoms with Crippen molar-refractivity contribution in [2.24, 2.45) is 5.10 Å². The minimum Gasteiger partial charge on any atom is -0.457 e. The van der Waals surface area contributed by atoms with Crippen LogP contribution in [-0.2, 0) is 0 Å². The Labute approximate surface area is 245 Å². The normalized spacial score (nSPS) is 12.8. The molecule has 1 aliphatic heterocycles. The summed E-state index contributed by atoms with van der Waals surface area (Å²) in [5.74, 6) is 2.44. The maximum atomic E-state index is 6.36. The summed E-state index contributed by atoms with van der Waals surface area (Å²) in [5.41, 5.74) is 7.09. The average molecular weight is 548 g/mol. The predicted molar refractivity (Wildman–Crippen MR) is 170 cm³/mol. The number of para-hydroxylation sites is 2. The molecule has 6 aromatic rings. The molecular weight excluding hydrogens is 518 g/mol. The molecule has 6 nitrogen and oxygen atoms in total. The van der Waals surface area contributed by atoms with Crippen molar-refractivity contribution < 1.29 is 4.74 Å². The van der Waals surface area contributed by atoms with Gasteiger partial charge in [0, 0.05) is 22.9 Å². The highest BCUT2D eigenvalue weighted by Crippen LogP contribution is 2.33. The van der Waals surface area contributed by atoms with E-state index in [0.717, 1.165) is 56.9 Å². The van der Waals surface area contributed by atoms with Crippen molar-refractivity contribution in [1.29, 1.82) is 0 Å². The lowest BCUT2D eigenvalue weighted by molar-refractivity contribution is 0.483. The zero-order valence-electron chi connectivity index (χ0n) is 23.2. The van der Waals surface area contributed by atoms with Gasteiger partial charge in [0.15, 0.2) is 0 Å². The van der Waals surface area contributed by atoms with Gasteiger partial charge in [0.2, 0.25) is 0 Å². The maximum Gasteiger partial charge on any atom is 0.129 e. The first kappa shape index (κ1) is 25.4. The lowest BCUT2D eigenvalue weighted by Gasteiger charge is -2.20. The van der Waals surface area contributed by atoms with Crippen LogP contribution in [0.5, 0.6) is 11.5 Å². The van der Waals surface area contributed by atoms with Crippen molar-refractivity contribution in [3.63, 3.8) is 0 Å². The molecule has 5 aromatic carbocycles. The first-order chi connectivity index (χ1) is 20.7. The Morgan fingerprint density at radius 3 is 1.90 bits per heavy atom. The summed E-state index contributed by atoms with van der Waals surface area (Å²) in [6, 6.07) is 49.1. The fourth-order valence-electron chi connectivity index (χ4n) is 5.18. The van der Waals surface area contributed by atoms with Crippen LogP contribution in [0.15, 0.2) is 151 Å². The minimum absolute atomic E-state index is 0.641. The van der Waals surface area contributed by atoms with E-state index >= 15 is 0 Å². The molecule has 0 saturated heterocycles. The van der Waals surface area contributed by atoms with Crippen molar-refractivity contribution in [2.75, 3.05) is 16.6 Å². The van der Waals surface area contributed by atoms with Crippen molar-refractivity contribution in [3.8, 4) is 39.7 Å². The van der Waals surface area contributed by atoms with E-state index in [1.54, 1.807) is 0 Å². The third kappa shape index (κ3) is 5.13. The van der Waals surface area contributed by atoms with Gasteiger partial charge in [-0.3, -0.25) is 0 Å². The number of aromatic nitrogens is 2. The van der Waals surface area contributed by atoms with Crippen molar-refractivity contribution in [3.05, 3.63) is 146 Å².